The van der Waals surface area contributed by atoms with Crippen LogP contribution in [0.2, 0.25) is 0 Å². The molecule has 2 fully saturated rings. The van der Waals surface area contributed by atoms with Gasteiger partial charge in [-0.1, -0.05) is 42.5 Å². The number of benzene rings is 2. The molecule has 0 aromatic heterocycles. The van der Waals surface area contributed by atoms with E-state index in [0.29, 0.717) is 25.9 Å². The van der Waals surface area contributed by atoms with Gasteiger partial charge in [0.1, 0.15) is 5.75 Å². The monoisotopic (exact) mass is 485 g/mol. The molecule has 0 saturated carbocycles. The first-order valence-corrected chi connectivity index (χ1v) is 13.7. The van der Waals surface area contributed by atoms with E-state index in [9.17, 15) is 13.2 Å². The molecule has 0 radical (unpaired) electrons. The van der Waals surface area contributed by atoms with Crippen LogP contribution in [0, 0.1) is 5.92 Å². The molecule has 1 amide bonds. The van der Waals surface area contributed by atoms with Crippen LogP contribution in [0.25, 0.3) is 0 Å². The van der Waals surface area contributed by atoms with Crippen molar-refractivity contribution >= 4 is 15.9 Å². The maximum atomic E-state index is 13.1. The summed E-state index contributed by atoms with van der Waals surface area (Å²) in [6.45, 7) is 5.08. The Morgan fingerprint density at radius 3 is 2.15 bits per heavy atom. The predicted octanol–water partition coefficient (Wildman–Crippen LogP) is 2.62. The molecular formula is C26H35N3O4S. The van der Waals surface area contributed by atoms with Crippen molar-refractivity contribution in [3.63, 3.8) is 0 Å². The average Bonchev–Trinajstić information content (AvgIpc) is 2.88. The molecule has 7 nitrogen and oxygen atoms in total. The van der Waals surface area contributed by atoms with E-state index in [2.05, 4.69) is 17.0 Å². The zero-order valence-corrected chi connectivity index (χ0v) is 20.8. The van der Waals surface area contributed by atoms with E-state index < -0.39 is 10.0 Å². The minimum Gasteiger partial charge on any atom is -0.497 e. The number of methoxy groups -OCH3 is 1. The molecule has 8 heteroatoms. The number of nitrogens with zero attached hydrogens (tertiary/aromatic N) is 3. The Balaban J connectivity index is 1.19. The first kappa shape index (κ1) is 24.7. The third-order valence-electron chi connectivity index (χ3n) is 6.95. The van der Waals surface area contributed by atoms with Crippen molar-refractivity contribution in [3.05, 3.63) is 65.7 Å². The second-order valence-corrected chi connectivity index (χ2v) is 11.1. The van der Waals surface area contributed by atoms with E-state index in [1.165, 1.54) is 5.56 Å². The molecule has 0 aliphatic carbocycles. The largest absolute Gasteiger partial charge is 0.497 e. The van der Waals surface area contributed by atoms with Crippen molar-refractivity contribution in [2.45, 2.75) is 25.0 Å². The highest BCUT2D eigenvalue weighted by molar-refractivity contribution is 7.88. The van der Waals surface area contributed by atoms with E-state index in [0.717, 1.165) is 50.5 Å². The molecular weight excluding hydrogens is 450 g/mol. The Morgan fingerprint density at radius 2 is 1.53 bits per heavy atom. The summed E-state index contributed by atoms with van der Waals surface area (Å²) in [5.41, 5.74) is 2.08. The highest BCUT2D eigenvalue weighted by atomic mass is 32.2. The van der Waals surface area contributed by atoms with Gasteiger partial charge in [-0.25, -0.2) is 12.7 Å². The standard InChI is InChI=1S/C26H35N3O4S/c1-33-25-9-7-22(8-10-25)11-14-27-17-19-28(20-18-27)26(30)24-12-15-29(16-13-24)34(31,32)21-23-5-3-2-4-6-23/h2-10,24H,11-21H2,1H3. The minimum absolute atomic E-state index is 0.0188. The number of piperazine rings is 1. The molecule has 0 N–H and O–H groups in total. The summed E-state index contributed by atoms with van der Waals surface area (Å²) in [5.74, 6) is 1.00. The normalized spacial score (nSPS) is 18.7. The van der Waals surface area contributed by atoms with Gasteiger partial charge in [0.2, 0.25) is 15.9 Å². The summed E-state index contributed by atoms with van der Waals surface area (Å²) in [6.07, 6.45) is 2.18. The van der Waals surface area contributed by atoms with Gasteiger partial charge in [-0.05, 0) is 42.5 Å². The quantitative estimate of drug-likeness (QED) is 0.575. The van der Waals surface area contributed by atoms with E-state index in [-0.39, 0.29) is 17.6 Å². The molecule has 2 aliphatic heterocycles. The van der Waals surface area contributed by atoms with Crippen molar-refractivity contribution in [2.24, 2.45) is 5.92 Å². The van der Waals surface area contributed by atoms with Crippen LogP contribution in [0.5, 0.6) is 5.75 Å². The first-order valence-electron chi connectivity index (χ1n) is 12.1. The third kappa shape index (κ3) is 6.37. The van der Waals surface area contributed by atoms with Gasteiger partial charge in [-0.2, -0.15) is 0 Å². The van der Waals surface area contributed by atoms with E-state index in [1.807, 2.05) is 47.4 Å². The lowest BCUT2D eigenvalue weighted by Crippen LogP contribution is -2.52. The van der Waals surface area contributed by atoms with Crippen LogP contribution in [-0.2, 0) is 27.0 Å². The van der Waals surface area contributed by atoms with Crippen molar-refractivity contribution in [3.8, 4) is 5.75 Å². The number of amides is 1. The van der Waals surface area contributed by atoms with Crippen LogP contribution in [-0.4, -0.2) is 81.4 Å². The van der Waals surface area contributed by atoms with E-state index in [4.69, 9.17) is 4.74 Å². The van der Waals surface area contributed by atoms with Crippen LogP contribution in [0.1, 0.15) is 24.0 Å². The fraction of sp³-hybridized carbons (Fsp3) is 0.500. The number of ether oxygens (including phenoxy) is 1. The van der Waals surface area contributed by atoms with Crippen molar-refractivity contribution in [1.82, 2.24) is 14.1 Å². The van der Waals surface area contributed by atoms with Crippen molar-refractivity contribution in [2.75, 3.05) is 52.9 Å². The van der Waals surface area contributed by atoms with Gasteiger partial charge in [-0.15, -0.1) is 0 Å². The Hall–Kier alpha value is -2.42. The number of hydrogen-bond donors (Lipinski definition) is 0. The molecule has 0 atom stereocenters. The lowest BCUT2D eigenvalue weighted by molar-refractivity contribution is -0.138. The SMILES string of the molecule is COc1ccc(CCN2CCN(C(=O)C3CCN(S(=O)(=O)Cc4ccccc4)CC3)CC2)cc1. The molecule has 184 valence electrons. The zero-order chi connectivity index (χ0) is 24.0. The lowest BCUT2D eigenvalue weighted by atomic mass is 9.96. The molecule has 2 saturated heterocycles. The van der Waals surface area contributed by atoms with Gasteiger partial charge in [0.25, 0.3) is 0 Å². The number of carbonyl (C=O) groups excluding carboxylic acids is 1. The second-order valence-electron chi connectivity index (χ2n) is 9.18. The highest BCUT2D eigenvalue weighted by Gasteiger charge is 2.34. The van der Waals surface area contributed by atoms with Crippen LogP contribution < -0.4 is 4.74 Å². The molecule has 4 rings (SSSR count). The number of sulfonamides is 1. The maximum Gasteiger partial charge on any atom is 0.225 e. The minimum atomic E-state index is -3.36. The Labute approximate surface area is 203 Å². The molecule has 0 unspecified atom stereocenters. The predicted molar refractivity (Wildman–Crippen MR) is 133 cm³/mol. The summed E-state index contributed by atoms with van der Waals surface area (Å²) < 4.78 is 32.3. The summed E-state index contributed by atoms with van der Waals surface area (Å²) in [4.78, 5) is 17.5. The maximum absolute atomic E-state index is 13.1. The van der Waals surface area contributed by atoms with E-state index >= 15 is 0 Å². The van der Waals surface area contributed by atoms with Crippen LogP contribution in [0.15, 0.2) is 54.6 Å². The number of hydrogen-bond acceptors (Lipinski definition) is 5. The molecule has 34 heavy (non-hydrogen) atoms. The second kappa shape index (κ2) is 11.3. The molecule has 0 bridgehead atoms. The number of carbonyl (C=O) groups is 1. The van der Waals surface area contributed by atoms with Crippen molar-refractivity contribution in [1.29, 1.82) is 0 Å². The topological polar surface area (TPSA) is 70.2 Å². The Kier molecular flexibility index (Phi) is 8.24. The smallest absolute Gasteiger partial charge is 0.225 e. The first-order chi connectivity index (χ1) is 16.4. The summed E-state index contributed by atoms with van der Waals surface area (Å²) in [5, 5.41) is 0. The fourth-order valence-electron chi connectivity index (χ4n) is 4.79. The number of piperidine rings is 1. The Morgan fingerprint density at radius 1 is 0.882 bits per heavy atom. The van der Waals surface area contributed by atoms with Crippen LogP contribution in [0.3, 0.4) is 0 Å². The summed E-state index contributed by atoms with van der Waals surface area (Å²) in [6, 6.07) is 17.5. The third-order valence-corrected chi connectivity index (χ3v) is 8.80. The Bertz CT molecular complexity index is 1030. The molecule has 2 aromatic carbocycles. The van der Waals surface area contributed by atoms with Crippen molar-refractivity contribution < 1.29 is 17.9 Å². The van der Waals surface area contributed by atoms with Gasteiger partial charge >= 0.3 is 0 Å². The van der Waals surface area contributed by atoms with Gasteiger partial charge in [0.05, 0.1) is 12.9 Å². The molecule has 2 aromatic rings. The van der Waals surface area contributed by atoms with Crippen LogP contribution >= 0.6 is 0 Å². The number of rotatable bonds is 8. The van der Waals surface area contributed by atoms with Gasteiger partial charge in [-0.3, -0.25) is 9.69 Å². The van der Waals surface area contributed by atoms with Gasteiger partial charge in [0.15, 0.2) is 0 Å². The van der Waals surface area contributed by atoms with Crippen LogP contribution in [0.4, 0.5) is 0 Å². The summed E-state index contributed by atoms with van der Waals surface area (Å²) in [7, 11) is -1.68. The van der Waals surface area contributed by atoms with Gasteiger partial charge < -0.3 is 9.64 Å². The average molecular weight is 486 g/mol. The highest BCUT2D eigenvalue weighted by Crippen LogP contribution is 2.24. The summed E-state index contributed by atoms with van der Waals surface area (Å²) >= 11 is 0. The lowest BCUT2D eigenvalue weighted by Gasteiger charge is -2.38. The zero-order valence-electron chi connectivity index (χ0n) is 19.9. The van der Waals surface area contributed by atoms with E-state index in [1.54, 1.807) is 11.4 Å². The molecule has 2 aliphatic rings. The van der Waals surface area contributed by atoms with Gasteiger partial charge in [0, 0.05) is 51.7 Å². The molecule has 2 heterocycles. The fourth-order valence-corrected chi connectivity index (χ4v) is 6.35. The molecule has 0 spiro atoms.